The summed E-state index contributed by atoms with van der Waals surface area (Å²) in [5.41, 5.74) is 1.91. The number of carbonyl (C=O) groups excluding carboxylic acids is 1. The van der Waals surface area contributed by atoms with Crippen LogP contribution in [0.15, 0.2) is 36.4 Å². The van der Waals surface area contributed by atoms with E-state index in [-0.39, 0.29) is 5.56 Å². The summed E-state index contributed by atoms with van der Waals surface area (Å²) in [5.74, 6) is -8.92. The van der Waals surface area contributed by atoms with Crippen LogP contribution in [0.1, 0.15) is 10.4 Å². The molecule has 3 aromatic carbocycles. The van der Waals surface area contributed by atoms with Gasteiger partial charge in [-0.25, -0.2) is 17.6 Å². The molecule has 0 radical (unpaired) electrons. The van der Waals surface area contributed by atoms with Gasteiger partial charge in [-0.1, -0.05) is 30.3 Å². The second kappa shape index (κ2) is 5.97. The molecule has 0 saturated heterocycles. The van der Waals surface area contributed by atoms with Crippen LogP contribution in [0.5, 0.6) is 5.75 Å². The van der Waals surface area contributed by atoms with Crippen molar-refractivity contribution in [3.8, 4) is 5.75 Å². The van der Waals surface area contributed by atoms with E-state index in [0.717, 1.165) is 0 Å². The number of amides is 1. The third-order valence-electron chi connectivity index (χ3n) is 3.68. The van der Waals surface area contributed by atoms with Crippen LogP contribution in [0.25, 0.3) is 10.8 Å². The number of hydrogen-bond acceptors (Lipinski definition) is 3. The summed E-state index contributed by atoms with van der Waals surface area (Å²) in [6.45, 7) is 0. The van der Waals surface area contributed by atoms with Crippen molar-refractivity contribution < 1.29 is 27.5 Å². The van der Waals surface area contributed by atoms with Gasteiger partial charge in [0.1, 0.15) is 17.1 Å². The second-order valence-electron chi connectivity index (χ2n) is 5.18. The minimum Gasteiger partial charge on any atom is -0.506 e. The lowest BCUT2D eigenvalue weighted by atomic mass is 10.0. The Labute approximate surface area is 138 Å². The number of phenols is 1. The lowest BCUT2D eigenvalue weighted by Gasteiger charge is -2.12. The van der Waals surface area contributed by atoms with Crippen LogP contribution < -0.4 is 11.1 Å². The molecule has 0 bridgehead atoms. The van der Waals surface area contributed by atoms with Gasteiger partial charge in [-0.2, -0.15) is 0 Å². The summed E-state index contributed by atoms with van der Waals surface area (Å²) < 4.78 is 54.5. The smallest absolute Gasteiger partial charge is 0.259 e. The van der Waals surface area contributed by atoms with Gasteiger partial charge in [0.05, 0.1) is 5.56 Å². The lowest BCUT2D eigenvalue weighted by molar-refractivity contribution is 0.102. The first kappa shape index (κ1) is 16.6. The highest BCUT2D eigenvalue weighted by atomic mass is 19.2. The Morgan fingerprint density at radius 1 is 0.920 bits per heavy atom. The van der Waals surface area contributed by atoms with Gasteiger partial charge >= 0.3 is 0 Å². The summed E-state index contributed by atoms with van der Waals surface area (Å²) in [6, 6.07) is 9.26. The zero-order chi connectivity index (χ0) is 18.3. The fourth-order valence-electron chi connectivity index (χ4n) is 2.38. The van der Waals surface area contributed by atoms with Crippen LogP contribution in [-0.4, -0.2) is 11.0 Å². The van der Waals surface area contributed by atoms with E-state index in [9.17, 15) is 27.5 Å². The lowest BCUT2D eigenvalue weighted by Crippen LogP contribution is -2.17. The number of phenolic OH excluding ortho intramolecular Hbond substituents is 1. The molecule has 0 aliphatic heterocycles. The fourth-order valence-corrected chi connectivity index (χ4v) is 2.38. The van der Waals surface area contributed by atoms with Crippen molar-refractivity contribution in [1.29, 1.82) is 0 Å². The third kappa shape index (κ3) is 2.61. The monoisotopic (exact) mass is 350 g/mol. The average Bonchev–Trinajstić information content (AvgIpc) is 2.62. The first-order chi connectivity index (χ1) is 11.8. The molecule has 4 N–H and O–H groups in total. The summed E-state index contributed by atoms with van der Waals surface area (Å²) in [6.07, 6.45) is 0. The van der Waals surface area contributed by atoms with Crippen molar-refractivity contribution in [2.24, 2.45) is 0 Å². The van der Waals surface area contributed by atoms with E-state index in [1.54, 1.807) is 23.5 Å². The van der Waals surface area contributed by atoms with Crippen LogP contribution in [0, 0.1) is 23.3 Å². The number of fused-ring (bicyclic) bond motifs is 1. The zero-order valence-corrected chi connectivity index (χ0v) is 12.4. The molecule has 0 spiro atoms. The van der Waals surface area contributed by atoms with Crippen molar-refractivity contribution in [3.05, 3.63) is 65.2 Å². The molecule has 8 heteroatoms. The molecular formula is C17H10F4N2O2. The first-order valence-electron chi connectivity index (χ1n) is 6.96. The van der Waals surface area contributed by atoms with Crippen molar-refractivity contribution in [3.63, 3.8) is 0 Å². The molecule has 25 heavy (non-hydrogen) atoms. The van der Waals surface area contributed by atoms with Crippen molar-refractivity contribution in [1.82, 2.24) is 0 Å². The van der Waals surface area contributed by atoms with Gasteiger partial charge in [-0.3, -0.25) is 4.79 Å². The number of carbonyl (C=O) groups is 1. The van der Waals surface area contributed by atoms with Gasteiger partial charge < -0.3 is 16.2 Å². The van der Waals surface area contributed by atoms with E-state index < -0.39 is 46.3 Å². The van der Waals surface area contributed by atoms with Crippen LogP contribution in [0.2, 0.25) is 0 Å². The zero-order valence-electron chi connectivity index (χ0n) is 12.4. The number of hydrogen-bond donors (Lipinski definition) is 3. The predicted octanol–water partition coefficient (Wildman–Crippen LogP) is 3.94. The highest BCUT2D eigenvalue weighted by Crippen LogP contribution is 2.32. The number of nitrogens with two attached hydrogens (primary N) is 1. The molecule has 128 valence electrons. The minimum absolute atomic E-state index is 0.324. The molecule has 4 nitrogen and oxygen atoms in total. The summed E-state index contributed by atoms with van der Waals surface area (Å²) >= 11 is 0. The van der Waals surface area contributed by atoms with Crippen molar-refractivity contribution >= 4 is 28.1 Å². The Morgan fingerprint density at radius 2 is 1.52 bits per heavy atom. The highest BCUT2D eigenvalue weighted by Gasteiger charge is 2.26. The van der Waals surface area contributed by atoms with E-state index >= 15 is 0 Å². The largest absolute Gasteiger partial charge is 0.506 e. The minimum atomic E-state index is -1.84. The maximum absolute atomic E-state index is 13.8. The maximum atomic E-state index is 13.8. The molecule has 0 aliphatic carbocycles. The molecule has 0 aromatic heterocycles. The molecule has 0 fully saturated rings. The number of nitrogen functional groups attached to an aromatic ring is 1. The molecule has 0 unspecified atom stereocenters. The number of halogens is 4. The second-order valence-corrected chi connectivity index (χ2v) is 5.18. The van der Waals surface area contributed by atoms with E-state index in [0.29, 0.717) is 10.8 Å². The van der Waals surface area contributed by atoms with Crippen LogP contribution >= 0.6 is 0 Å². The molecule has 1 amide bonds. The Bertz CT molecular complexity index is 992. The number of nitrogens with one attached hydrogen (secondary N) is 1. The Balaban J connectivity index is 2.06. The number of rotatable bonds is 2. The van der Waals surface area contributed by atoms with Crippen LogP contribution in [0.4, 0.5) is 28.9 Å². The standard InChI is InChI=1S/C17H10F4N2O2/c18-10-12(20)15(13(21)11(19)14(10)22)23-17(25)9-6-5-7-3-1-2-4-8(7)16(9)24/h1-6,24H,22H2,(H,23,25). The fraction of sp³-hybridized carbons (Fsp3) is 0. The van der Waals surface area contributed by atoms with Crippen LogP contribution in [0.3, 0.4) is 0 Å². The molecule has 0 atom stereocenters. The average molecular weight is 350 g/mol. The Morgan fingerprint density at radius 3 is 2.16 bits per heavy atom. The summed E-state index contributed by atoms with van der Waals surface area (Å²) in [5, 5.41) is 12.8. The van der Waals surface area contributed by atoms with E-state index in [1.807, 2.05) is 0 Å². The predicted molar refractivity (Wildman–Crippen MR) is 84.3 cm³/mol. The quantitative estimate of drug-likeness (QED) is 0.372. The van der Waals surface area contributed by atoms with E-state index in [1.165, 1.54) is 18.2 Å². The Kier molecular flexibility index (Phi) is 3.96. The van der Waals surface area contributed by atoms with Gasteiger partial charge in [-0.05, 0) is 11.5 Å². The SMILES string of the molecule is Nc1c(F)c(F)c(NC(=O)c2ccc3ccccc3c2O)c(F)c1F. The van der Waals surface area contributed by atoms with Gasteiger partial charge in [0.25, 0.3) is 5.91 Å². The van der Waals surface area contributed by atoms with Gasteiger partial charge in [0, 0.05) is 5.39 Å². The van der Waals surface area contributed by atoms with Crippen molar-refractivity contribution in [2.45, 2.75) is 0 Å². The molecule has 3 rings (SSSR count). The van der Waals surface area contributed by atoms with E-state index in [2.05, 4.69) is 0 Å². The summed E-state index contributed by atoms with van der Waals surface area (Å²) in [4.78, 5) is 12.2. The Hall–Kier alpha value is -3.29. The van der Waals surface area contributed by atoms with Crippen LogP contribution in [-0.2, 0) is 0 Å². The van der Waals surface area contributed by atoms with E-state index in [4.69, 9.17) is 5.73 Å². The third-order valence-corrected chi connectivity index (χ3v) is 3.68. The molecule has 0 saturated carbocycles. The van der Waals surface area contributed by atoms with Crippen molar-refractivity contribution in [2.75, 3.05) is 11.1 Å². The molecular weight excluding hydrogens is 340 g/mol. The van der Waals surface area contributed by atoms with Gasteiger partial charge in [0.2, 0.25) is 0 Å². The first-order valence-corrected chi connectivity index (χ1v) is 6.96. The molecule has 3 aromatic rings. The molecule has 0 heterocycles. The number of benzene rings is 3. The van der Waals surface area contributed by atoms with Gasteiger partial charge in [-0.15, -0.1) is 0 Å². The topological polar surface area (TPSA) is 75.3 Å². The maximum Gasteiger partial charge on any atom is 0.259 e. The number of aromatic hydroxyl groups is 1. The highest BCUT2D eigenvalue weighted by molar-refractivity contribution is 6.10. The van der Waals surface area contributed by atoms with Gasteiger partial charge in [0.15, 0.2) is 23.3 Å². The number of anilines is 2. The normalized spacial score (nSPS) is 10.9. The molecule has 0 aliphatic rings. The summed E-state index contributed by atoms with van der Waals surface area (Å²) in [7, 11) is 0.